The van der Waals surface area contributed by atoms with Crippen molar-refractivity contribution in [2.45, 2.75) is 32.7 Å². The van der Waals surface area contributed by atoms with Gasteiger partial charge in [-0.05, 0) is 32.4 Å². The Labute approximate surface area is 113 Å². The van der Waals surface area contributed by atoms with Gasteiger partial charge in [0.25, 0.3) is 5.91 Å². The number of carbonyl (C=O) groups is 1. The molecule has 0 saturated carbocycles. The van der Waals surface area contributed by atoms with Crippen LogP contribution >= 0.6 is 0 Å². The third-order valence-corrected chi connectivity index (χ3v) is 3.00. The Kier molecular flexibility index (Phi) is 4.39. The second kappa shape index (κ2) is 6.22. The second-order valence-corrected chi connectivity index (χ2v) is 4.79. The predicted octanol–water partition coefficient (Wildman–Crippen LogP) is 2.15. The van der Waals surface area contributed by atoms with E-state index >= 15 is 0 Å². The number of aryl methyl sites for hydroxylation is 1. The van der Waals surface area contributed by atoms with Crippen LogP contribution in [0.1, 0.15) is 42.6 Å². The molecule has 102 valence electrons. The minimum absolute atomic E-state index is 0.0156. The molecule has 5 heteroatoms. The van der Waals surface area contributed by atoms with Crippen molar-refractivity contribution >= 4 is 5.91 Å². The summed E-state index contributed by atoms with van der Waals surface area (Å²) in [5.74, 6) is 0.943. The second-order valence-electron chi connectivity index (χ2n) is 4.79. The van der Waals surface area contributed by atoms with Crippen LogP contribution in [-0.4, -0.2) is 27.0 Å². The molecular weight excluding hydrogens is 240 g/mol. The summed E-state index contributed by atoms with van der Waals surface area (Å²) in [4.78, 5) is 19.2. The first-order valence-corrected chi connectivity index (χ1v) is 6.62. The molecule has 0 atom stereocenters. The fraction of sp³-hybridized carbons (Fsp3) is 0.429. The number of aromatic amines is 1. The molecule has 0 bridgehead atoms. The summed E-state index contributed by atoms with van der Waals surface area (Å²) in [6.07, 6.45) is 7.20. The number of rotatable bonds is 6. The van der Waals surface area contributed by atoms with E-state index in [1.54, 1.807) is 6.20 Å². The van der Waals surface area contributed by atoms with Crippen molar-refractivity contribution in [2.24, 2.45) is 0 Å². The zero-order valence-electron chi connectivity index (χ0n) is 11.4. The number of carbonyl (C=O) groups excluding carboxylic acids is 1. The van der Waals surface area contributed by atoms with Gasteiger partial charge in [0, 0.05) is 37.6 Å². The highest BCUT2D eigenvalue weighted by Gasteiger charge is 2.11. The molecule has 0 aliphatic rings. The van der Waals surface area contributed by atoms with Crippen LogP contribution in [-0.2, 0) is 6.42 Å². The van der Waals surface area contributed by atoms with Crippen LogP contribution in [0.5, 0.6) is 0 Å². The van der Waals surface area contributed by atoms with Crippen LogP contribution in [0.2, 0.25) is 0 Å². The van der Waals surface area contributed by atoms with E-state index in [9.17, 15) is 4.79 Å². The first-order chi connectivity index (χ1) is 9.18. The summed E-state index contributed by atoms with van der Waals surface area (Å²) < 4.78 is 1.97. The van der Waals surface area contributed by atoms with Gasteiger partial charge in [0.1, 0.15) is 11.5 Å². The topological polar surface area (TPSA) is 62.7 Å². The molecule has 0 aromatic carbocycles. The summed E-state index contributed by atoms with van der Waals surface area (Å²) in [6, 6.07) is 4.04. The highest BCUT2D eigenvalue weighted by atomic mass is 16.1. The van der Waals surface area contributed by atoms with Gasteiger partial charge in [-0.15, -0.1) is 0 Å². The highest BCUT2D eigenvalue weighted by Crippen LogP contribution is 2.10. The Morgan fingerprint density at radius 3 is 3.05 bits per heavy atom. The Bertz CT molecular complexity index is 513. The van der Waals surface area contributed by atoms with Gasteiger partial charge in [-0.2, -0.15) is 0 Å². The lowest BCUT2D eigenvalue weighted by Crippen LogP contribution is -2.27. The quantitative estimate of drug-likeness (QED) is 0.782. The smallest absolute Gasteiger partial charge is 0.267 e. The van der Waals surface area contributed by atoms with Gasteiger partial charge >= 0.3 is 0 Å². The molecule has 2 heterocycles. The number of imidazole rings is 1. The molecule has 19 heavy (non-hydrogen) atoms. The zero-order chi connectivity index (χ0) is 13.7. The van der Waals surface area contributed by atoms with Crippen LogP contribution in [0.3, 0.4) is 0 Å². The van der Waals surface area contributed by atoms with Gasteiger partial charge in [0.15, 0.2) is 0 Å². The molecule has 0 fully saturated rings. The monoisotopic (exact) mass is 260 g/mol. The Balaban J connectivity index is 1.79. The average Bonchev–Trinajstić information content (AvgIpc) is 3.04. The Morgan fingerprint density at radius 1 is 1.53 bits per heavy atom. The van der Waals surface area contributed by atoms with Crippen LogP contribution in [0, 0.1) is 0 Å². The minimum atomic E-state index is -0.0156. The lowest BCUT2D eigenvalue weighted by molar-refractivity contribution is 0.0942. The molecule has 5 nitrogen and oxygen atoms in total. The Morgan fingerprint density at radius 2 is 2.37 bits per heavy atom. The Hall–Kier alpha value is -2.04. The van der Waals surface area contributed by atoms with E-state index < -0.39 is 0 Å². The molecule has 0 spiro atoms. The predicted molar refractivity (Wildman–Crippen MR) is 74.1 cm³/mol. The average molecular weight is 260 g/mol. The van der Waals surface area contributed by atoms with E-state index in [4.69, 9.17) is 0 Å². The normalized spacial score (nSPS) is 10.9. The molecule has 2 N–H and O–H groups in total. The standard InChI is InChI=1S/C14H20N4O/c1-11(2)18-10-4-5-12(18)14(19)17-7-3-6-13-15-8-9-16-13/h4-5,8-11H,3,6-7H2,1-2H3,(H,15,16)(H,17,19). The molecule has 0 aliphatic carbocycles. The number of H-pyrrole nitrogens is 1. The lowest BCUT2D eigenvalue weighted by atomic mass is 10.3. The molecule has 0 aliphatic heterocycles. The summed E-state index contributed by atoms with van der Waals surface area (Å²) in [5.41, 5.74) is 0.716. The summed E-state index contributed by atoms with van der Waals surface area (Å²) >= 11 is 0. The van der Waals surface area contributed by atoms with Gasteiger partial charge in [-0.1, -0.05) is 0 Å². The van der Waals surface area contributed by atoms with Gasteiger partial charge < -0.3 is 14.9 Å². The molecule has 2 aromatic rings. The van der Waals surface area contributed by atoms with E-state index in [1.807, 2.05) is 29.1 Å². The van der Waals surface area contributed by atoms with Crippen molar-refractivity contribution in [3.05, 3.63) is 42.2 Å². The number of hydrogen-bond acceptors (Lipinski definition) is 2. The van der Waals surface area contributed by atoms with E-state index in [0.717, 1.165) is 18.7 Å². The molecule has 2 aromatic heterocycles. The first kappa shape index (κ1) is 13.4. The summed E-state index contributed by atoms with van der Waals surface area (Å²) in [5, 5.41) is 2.94. The largest absolute Gasteiger partial charge is 0.351 e. The number of aromatic nitrogens is 3. The number of nitrogens with zero attached hydrogens (tertiary/aromatic N) is 2. The van der Waals surface area contributed by atoms with E-state index in [0.29, 0.717) is 18.3 Å². The molecule has 0 saturated heterocycles. The van der Waals surface area contributed by atoms with Crippen LogP contribution in [0.25, 0.3) is 0 Å². The van der Waals surface area contributed by atoms with Crippen LogP contribution < -0.4 is 5.32 Å². The van der Waals surface area contributed by atoms with Crippen molar-refractivity contribution in [1.29, 1.82) is 0 Å². The van der Waals surface area contributed by atoms with Crippen molar-refractivity contribution < 1.29 is 4.79 Å². The van der Waals surface area contributed by atoms with Crippen LogP contribution in [0.4, 0.5) is 0 Å². The van der Waals surface area contributed by atoms with E-state index in [2.05, 4.69) is 29.1 Å². The van der Waals surface area contributed by atoms with Gasteiger partial charge in [-0.25, -0.2) is 4.98 Å². The highest BCUT2D eigenvalue weighted by molar-refractivity contribution is 5.92. The molecule has 0 unspecified atom stereocenters. The lowest BCUT2D eigenvalue weighted by Gasteiger charge is -2.12. The molecule has 0 radical (unpaired) electrons. The number of nitrogens with one attached hydrogen (secondary N) is 2. The summed E-state index contributed by atoms with van der Waals surface area (Å²) in [6.45, 7) is 4.78. The van der Waals surface area contributed by atoms with Crippen molar-refractivity contribution in [3.63, 3.8) is 0 Å². The maximum atomic E-state index is 12.0. The maximum Gasteiger partial charge on any atom is 0.267 e. The fourth-order valence-corrected chi connectivity index (χ4v) is 2.02. The zero-order valence-corrected chi connectivity index (χ0v) is 11.4. The minimum Gasteiger partial charge on any atom is -0.351 e. The molecule has 1 amide bonds. The third-order valence-electron chi connectivity index (χ3n) is 3.00. The number of hydrogen-bond donors (Lipinski definition) is 2. The molecule has 2 rings (SSSR count). The fourth-order valence-electron chi connectivity index (χ4n) is 2.02. The SMILES string of the molecule is CC(C)n1cccc1C(=O)NCCCc1ncc[nH]1. The van der Waals surface area contributed by atoms with E-state index in [-0.39, 0.29) is 5.91 Å². The molecular formula is C14H20N4O. The van der Waals surface area contributed by atoms with Crippen LogP contribution in [0.15, 0.2) is 30.7 Å². The van der Waals surface area contributed by atoms with Crippen molar-refractivity contribution in [1.82, 2.24) is 19.9 Å². The van der Waals surface area contributed by atoms with Gasteiger partial charge in [0.05, 0.1) is 0 Å². The maximum absolute atomic E-state index is 12.0. The number of amides is 1. The van der Waals surface area contributed by atoms with E-state index in [1.165, 1.54) is 0 Å². The summed E-state index contributed by atoms with van der Waals surface area (Å²) in [7, 11) is 0. The van der Waals surface area contributed by atoms with Gasteiger partial charge in [0.2, 0.25) is 0 Å². The third kappa shape index (κ3) is 3.47. The first-order valence-electron chi connectivity index (χ1n) is 6.62. The van der Waals surface area contributed by atoms with Gasteiger partial charge in [-0.3, -0.25) is 4.79 Å². The van der Waals surface area contributed by atoms with Crippen molar-refractivity contribution in [3.8, 4) is 0 Å². The van der Waals surface area contributed by atoms with Crippen molar-refractivity contribution in [2.75, 3.05) is 6.54 Å².